The van der Waals surface area contributed by atoms with Gasteiger partial charge in [-0.2, -0.15) is 0 Å². The Hall–Kier alpha value is -1.36. The van der Waals surface area contributed by atoms with E-state index in [4.69, 9.17) is 4.74 Å². The van der Waals surface area contributed by atoms with E-state index < -0.39 is 0 Å². The summed E-state index contributed by atoms with van der Waals surface area (Å²) in [4.78, 5) is 19.0. The molecule has 0 saturated carbocycles. The Morgan fingerprint density at radius 2 is 2.38 bits per heavy atom. The fraction of sp³-hybridized carbons (Fsp3) is 0.500. The number of hydrogen-bond acceptors (Lipinski definition) is 4. The molecule has 0 bridgehead atoms. The van der Waals surface area contributed by atoms with Crippen molar-refractivity contribution in [2.45, 2.75) is 0 Å². The van der Waals surface area contributed by atoms with Crippen molar-refractivity contribution in [3.8, 4) is 5.88 Å². The molecule has 0 unspecified atom stereocenters. The van der Waals surface area contributed by atoms with Gasteiger partial charge in [0.05, 0.1) is 12.4 Å². The van der Waals surface area contributed by atoms with Gasteiger partial charge in [0.15, 0.2) is 0 Å². The number of H-pyrrole nitrogens is 1. The molecule has 0 spiro atoms. The average molecular weight is 183 g/mol. The van der Waals surface area contributed by atoms with Crippen molar-refractivity contribution < 1.29 is 4.74 Å². The molecule has 5 heteroatoms. The van der Waals surface area contributed by atoms with Gasteiger partial charge in [0.1, 0.15) is 6.61 Å². The van der Waals surface area contributed by atoms with Gasteiger partial charge in [-0.15, -0.1) is 0 Å². The van der Waals surface area contributed by atoms with Crippen LogP contribution in [0.2, 0.25) is 0 Å². The Morgan fingerprint density at radius 3 is 3.00 bits per heavy atom. The molecular weight excluding hydrogens is 170 g/mol. The van der Waals surface area contributed by atoms with E-state index in [1.807, 2.05) is 19.0 Å². The summed E-state index contributed by atoms with van der Waals surface area (Å²) in [6.45, 7) is 1.33. The zero-order chi connectivity index (χ0) is 9.68. The Kier molecular flexibility index (Phi) is 3.45. The van der Waals surface area contributed by atoms with E-state index >= 15 is 0 Å². The van der Waals surface area contributed by atoms with Crippen molar-refractivity contribution >= 4 is 0 Å². The maximum Gasteiger partial charge on any atom is 0.254 e. The molecule has 0 saturated heterocycles. The Labute approximate surface area is 76.4 Å². The van der Waals surface area contributed by atoms with Crippen LogP contribution in [0.3, 0.4) is 0 Å². The molecule has 1 aromatic rings. The maximum atomic E-state index is 10.8. The summed E-state index contributed by atoms with van der Waals surface area (Å²) in [6.07, 6.45) is 1.33. The molecule has 0 aliphatic rings. The highest BCUT2D eigenvalue weighted by atomic mass is 16.5. The zero-order valence-corrected chi connectivity index (χ0v) is 7.78. The van der Waals surface area contributed by atoms with Crippen molar-refractivity contribution in [3.05, 3.63) is 22.7 Å². The fourth-order valence-corrected chi connectivity index (χ4v) is 0.762. The third-order valence-electron chi connectivity index (χ3n) is 1.44. The van der Waals surface area contributed by atoms with Crippen LogP contribution in [-0.4, -0.2) is 42.1 Å². The van der Waals surface area contributed by atoms with Crippen molar-refractivity contribution in [1.82, 2.24) is 14.9 Å². The smallest absolute Gasteiger partial charge is 0.254 e. The first-order valence-electron chi connectivity index (χ1n) is 4.01. The standard InChI is InChI=1S/C8H13N3O2/c1-11(2)3-4-13-8-5-7(12)9-6-10-8/h5-6H,3-4H2,1-2H3,(H,9,10,12). The predicted molar refractivity (Wildman–Crippen MR) is 48.9 cm³/mol. The second-order valence-electron chi connectivity index (χ2n) is 2.90. The van der Waals surface area contributed by atoms with E-state index in [-0.39, 0.29) is 5.56 Å². The van der Waals surface area contributed by atoms with E-state index in [9.17, 15) is 4.79 Å². The summed E-state index contributed by atoms with van der Waals surface area (Å²) >= 11 is 0. The van der Waals surface area contributed by atoms with Crippen LogP contribution in [0.25, 0.3) is 0 Å². The molecule has 1 rings (SSSR count). The molecule has 0 atom stereocenters. The molecule has 0 aliphatic carbocycles. The van der Waals surface area contributed by atoms with Crippen LogP contribution in [-0.2, 0) is 0 Å². The van der Waals surface area contributed by atoms with E-state index in [1.165, 1.54) is 12.4 Å². The largest absolute Gasteiger partial charge is 0.476 e. The summed E-state index contributed by atoms with van der Waals surface area (Å²) in [7, 11) is 3.91. The molecule has 13 heavy (non-hydrogen) atoms. The lowest BCUT2D eigenvalue weighted by atomic mass is 10.6. The van der Waals surface area contributed by atoms with Crippen LogP contribution in [0.4, 0.5) is 0 Å². The molecule has 0 aromatic carbocycles. The number of rotatable bonds is 4. The fourth-order valence-electron chi connectivity index (χ4n) is 0.762. The monoisotopic (exact) mass is 183 g/mol. The van der Waals surface area contributed by atoms with E-state index in [0.29, 0.717) is 12.5 Å². The Morgan fingerprint density at radius 1 is 1.62 bits per heavy atom. The van der Waals surface area contributed by atoms with Gasteiger partial charge in [0, 0.05) is 6.54 Å². The number of nitrogens with zero attached hydrogens (tertiary/aromatic N) is 2. The topological polar surface area (TPSA) is 58.2 Å². The van der Waals surface area contributed by atoms with Crippen molar-refractivity contribution in [2.24, 2.45) is 0 Å². The van der Waals surface area contributed by atoms with Crippen LogP contribution in [0.15, 0.2) is 17.2 Å². The van der Waals surface area contributed by atoms with E-state index in [0.717, 1.165) is 6.54 Å². The van der Waals surface area contributed by atoms with Gasteiger partial charge in [-0.25, -0.2) is 4.98 Å². The highest BCUT2D eigenvalue weighted by molar-refractivity contribution is 5.04. The minimum Gasteiger partial charge on any atom is -0.476 e. The van der Waals surface area contributed by atoms with E-state index in [1.54, 1.807) is 0 Å². The average Bonchev–Trinajstić information content (AvgIpc) is 2.03. The lowest BCUT2D eigenvalue weighted by Crippen LogP contribution is -2.20. The molecule has 0 amide bonds. The second-order valence-corrected chi connectivity index (χ2v) is 2.90. The third kappa shape index (κ3) is 3.71. The summed E-state index contributed by atoms with van der Waals surface area (Å²) in [5.41, 5.74) is -0.199. The minimum absolute atomic E-state index is 0.199. The third-order valence-corrected chi connectivity index (χ3v) is 1.44. The minimum atomic E-state index is -0.199. The normalized spacial score (nSPS) is 10.4. The number of hydrogen-bond donors (Lipinski definition) is 1. The number of nitrogens with one attached hydrogen (secondary N) is 1. The number of ether oxygens (including phenoxy) is 1. The van der Waals surface area contributed by atoms with Gasteiger partial charge in [-0.05, 0) is 14.1 Å². The molecule has 0 radical (unpaired) electrons. The lowest BCUT2D eigenvalue weighted by Gasteiger charge is -2.09. The molecule has 5 nitrogen and oxygen atoms in total. The first-order valence-corrected chi connectivity index (χ1v) is 4.01. The highest BCUT2D eigenvalue weighted by Gasteiger charge is 1.95. The van der Waals surface area contributed by atoms with E-state index in [2.05, 4.69) is 9.97 Å². The van der Waals surface area contributed by atoms with Gasteiger partial charge in [-0.1, -0.05) is 0 Å². The van der Waals surface area contributed by atoms with Crippen LogP contribution in [0.1, 0.15) is 0 Å². The van der Waals surface area contributed by atoms with Crippen LogP contribution >= 0.6 is 0 Å². The summed E-state index contributed by atoms with van der Waals surface area (Å²) in [5, 5.41) is 0. The molecule has 1 aromatic heterocycles. The summed E-state index contributed by atoms with van der Waals surface area (Å²) in [5.74, 6) is 0.366. The van der Waals surface area contributed by atoms with Gasteiger partial charge >= 0.3 is 0 Å². The summed E-state index contributed by atoms with van der Waals surface area (Å²) in [6, 6.07) is 1.33. The van der Waals surface area contributed by atoms with Crippen LogP contribution in [0.5, 0.6) is 5.88 Å². The molecular formula is C8H13N3O2. The van der Waals surface area contributed by atoms with Gasteiger partial charge in [0.2, 0.25) is 5.88 Å². The SMILES string of the molecule is CN(C)CCOc1cc(=O)[nH]cn1. The second kappa shape index (κ2) is 4.61. The van der Waals surface area contributed by atoms with Crippen molar-refractivity contribution in [3.63, 3.8) is 0 Å². The van der Waals surface area contributed by atoms with Gasteiger partial charge < -0.3 is 14.6 Å². The first kappa shape index (κ1) is 9.73. The highest BCUT2D eigenvalue weighted by Crippen LogP contribution is 1.97. The number of likely N-dealkylation sites (N-methyl/N-ethyl adjacent to an activating group) is 1. The lowest BCUT2D eigenvalue weighted by molar-refractivity contribution is 0.253. The van der Waals surface area contributed by atoms with Crippen LogP contribution in [0, 0.1) is 0 Å². The maximum absolute atomic E-state index is 10.8. The summed E-state index contributed by atoms with van der Waals surface area (Å²) < 4.78 is 5.22. The number of aromatic nitrogens is 2. The molecule has 1 N–H and O–H groups in total. The van der Waals surface area contributed by atoms with Crippen LogP contribution < -0.4 is 10.3 Å². The predicted octanol–water partition coefficient (Wildman–Crippen LogP) is -0.290. The first-order chi connectivity index (χ1) is 6.18. The number of aromatic amines is 1. The molecule has 0 fully saturated rings. The van der Waals surface area contributed by atoms with Crippen molar-refractivity contribution in [1.29, 1.82) is 0 Å². The van der Waals surface area contributed by atoms with Crippen molar-refractivity contribution in [2.75, 3.05) is 27.2 Å². The molecule has 0 aliphatic heterocycles. The van der Waals surface area contributed by atoms with Gasteiger partial charge in [0.25, 0.3) is 5.56 Å². The van der Waals surface area contributed by atoms with Gasteiger partial charge in [-0.3, -0.25) is 4.79 Å². The Bertz CT molecular complexity index is 308. The Balaban J connectivity index is 2.41. The molecule has 72 valence electrons. The zero-order valence-electron chi connectivity index (χ0n) is 7.78. The quantitative estimate of drug-likeness (QED) is 0.697. The molecule has 1 heterocycles.